The Morgan fingerprint density at radius 1 is 1.58 bits per heavy atom. The van der Waals surface area contributed by atoms with Gasteiger partial charge in [0.2, 0.25) is 0 Å². The quantitative estimate of drug-likeness (QED) is 0.731. The van der Waals surface area contributed by atoms with E-state index in [9.17, 15) is 0 Å². The summed E-state index contributed by atoms with van der Waals surface area (Å²) in [6.45, 7) is 4.19. The maximum atomic E-state index is 5.69. The smallest absolute Gasteiger partial charge is 0.120 e. The van der Waals surface area contributed by atoms with E-state index in [4.69, 9.17) is 10.2 Å². The summed E-state index contributed by atoms with van der Waals surface area (Å²) in [5.74, 6) is 3.49. The average Bonchev–Trinajstić information content (AvgIpc) is 2.59. The molecule has 0 aromatic carbocycles. The second-order valence-electron chi connectivity index (χ2n) is 3.85. The van der Waals surface area contributed by atoms with Crippen LogP contribution in [0.1, 0.15) is 43.7 Å². The molecule has 0 spiro atoms. The Kier molecular flexibility index (Phi) is 1.72. The third-order valence-corrected chi connectivity index (χ3v) is 2.57. The zero-order valence-electron chi connectivity index (χ0n) is 7.58. The molecular formula is C10H15NO. The maximum Gasteiger partial charge on any atom is 0.120 e. The lowest BCUT2D eigenvalue weighted by Gasteiger charge is -1.98. The molecular weight excluding hydrogens is 150 g/mol. The minimum absolute atomic E-state index is 0.0211. The Balaban J connectivity index is 2.14. The normalized spacial score (nSPS) is 30.2. The van der Waals surface area contributed by atoms with Crippen LogP contribution in [0.4, 0.5) is 0 Å². The monoisotopic (exact) mass is 165 g/mol. The SMILES string of the molecule is CC1CC1c1ccc([C@H](C)N)o1. The summed E-state index contributed by atoms with van der Waals surface area (Å²) in [4.78, 5) is 0. The fourth-order valence-electron chi connectivity index (χ4n) is 1.53. The van der Waals surface area contributed by atoms with Gasteiger partial charge in [0.15, 0.2) is 0 Å². The molecule has 2 unspecified atom stereocenters. The molecule has 2 heteroatoms. The third kappa shape index (κ3) is 1.27. The zero-order chi connectivity index (χ0) is 8.72. The van der Waals surface area contributed by atoms with E-state index in [2.05, 4.69) is 13.0 Å². The van der Waals surface area contributed by atoms with Crippen LogP contribution in [0, 0.1) is 5.92 Å². The number of rotatable bonds is 2. The van der Waals surface area contributed by atoms with Gasteiger partial charge in [-0.15, -0.1) is 0 Å². The van der Waals surface area contributed by atoms with Crippen LogP contribution in [0.15, 0.2) is 16.5 Å². The summed E-state index contributed by atoms with van der Waals surface area (Å²) in [6, 6.07) is 4.07. The van der Waals surface area contributed by atoms with Crippen LogP contribution in [0.2, 0.25) is 0 Å². The van der Waals surface area contributed by atoms with Gasteiger partial charge in [0.05, 0.1) is 6.04 Å². The van der Waals surface area contributed by atoms with Crippen LogP contribution < -0.4 is 5.73 Å². The van der Waals surface area contributed by atoms with Crippen molar-refractivity contribution in [1.29, 1.82) is 0 Å². The summed E-state index contributed by atoms with van der Waals surface area (Å²) in [7, 11) is 0. The van der Waals surface area contributed by atoms with Gasteiger partial charge in [0.1, 0.15) is 11.5 Å². The van der Waals surface area contributed by atoms with Crippen molar-refractivity contribution in [3.63, 3.8) is 0 Å². The van der Waals surface area contributed by atoms with Gasteiger partial charge in [0, 0.05) is 5.92 Å². The molecule has 2 N–H and O–H groups in total. The summed E-state index contributed by atoms with van der Waals surface area (Å²) in [5.41, 5.74) is 5.69. The van der Waals surface area contributed by atoms with Gasteiger partial charge in [-0.3, -0.25) is 0 Å². The molecule has 1 aromatic heterocycles. The van der Waals surface area contributed by atoms with Gasteiger partial charge >= 0.3 is 0 Å². The first-order valence-electron chi connectivity index (χ1n) is 4.53. The van der Waals surface area contributed by atoms with Crippen molar-refractivity contribution in [2.45, 2.75) is 32.2 Å². The average molecular weight is 165 g/mol. The number of furan rings is 1. The highest BCUT2D eigenvalue weighted by Gasteiger charge is 2.36. The first kappa shape index (κ1) is 7.87. The molecule has 0 saturated heterocycles. The first-order valence-corrected chi connectivity index (χ1v) is 4.53. The van der Waals surface area contributed by atoms with Crippen LogP contribution in [-0.2, 0) is 0 Å². The minimum Gasteiger partial charge on any atom is -0.464 e. The molecule has 2 nitrogen and oxygen atoms in total. The lowest BCUT2D eigenvalue weighted by molar-refractivity contribution is 0.440. The van der Waals surface area contributed by atoms with Gasteiger partial charge in [-0.05, 0) is 31.4 Å². The largest absolute Gasteiger partial charge is 0.464 e. The molecule has 1 aliphatic carbocycles. The zero-order valence-corrected chi connectivity index (χ0v) is 7.58. The Morgan fingerprint density at radius 3 is 2.67 bits per heavy atom. The topological polar surface area (TPSA) is 39.2 Å². The van der Waals surface area contributed by atoms with Crippen LogP contribution >= 0.6 is 0 Å². The van der Waals surface area contributed by atoms with Gasteiger partial charge in [-0.25, -0.2) is 0 Å². The Hall–Kier alpha value is -0.760. The van der Waals surface area contributed by atoms with Gasteiger partial charge in [0.25, 0.3) is 0 Å². The van der Waals surface area contributed by atoms with E-state index in [0.29, 0.717) is 5.92 Å². The molecule has 0 aliphatic heterocycles. The molecule has 0 amide bonds. The maximum absolute atomic E-state index is 5.69. The summed E-state index contributed by atoms with van der Waals surface area (Å²) >= 11 is 0. The highest BCUT2D eigenvalue weighted by Crippen LogP contribution is 2.47. The molecule has 66 valence electrons. The van der Waals surface area contributed by atoms with Crippen molar-refractivity contribution >= 4 is 0 Å². The Morgan fingerprint density at radius 2 is 2.25 bits per heavy atom. The second kappa shape index (κ2) is 2.63. The van der Waals surface area contributed by atoms with Gasteiger partial charge < -0.3 is 10.2 Å². The van der Waals surface area contributed by atoms with E-state index < -0.39 is 0 Å². The summed E-state index contributed by atoms with van der Waals surface area (Å²) in [5, 5.41) is 0. The van der Waals surface area contributed by atoms with E-state index >= 15 is 0 Å². The molecule has 1 aliphatic rings. The summed E-state index contributed by atoms with van der Waals surface area (Å²) in [6.07, 6.45) is 1.27. The van der Waals surface area contributed by atoms with Crippen LogP contribution in [0.5, 0.6) is 0 Å². The molecule has 2 rings (SSSR count). The highest BCUT2D eigenvalue weighted by molar-refractivity contribution is 5.18. The third-order valence-electron chi connectivity index (χ3n) is 2.57. The molecule has 12 heavy (non-hydrogen) atoms. The molecule has 0 bridgehead atoms. The number of hydrogen-bond donors (Lipinski definition) is 1. The van der Waals surface area contributed by atoms with Crippen molar-refractivity contribution < 1.29 is 4.42 Å². The summed E-state index contributed by atoms with van der Waals surface area (Å²) < 4.78 is 5.61. The van der Waals surface area contributed by atoms with Crippen LogP contribution in [-0.4, -0.2) is 0 Å². The molecule has 1 fully saturated rings. The lowest BCUT2D eigenvalue weighted by atomic mass is 10.2. The lowest BCUT2D eigenvalue weighted by Crippen LogP contribution is -2.02. The Bertz CT molecular complexity index is 277. The number of hydrogen-bond acceptors (Lipinski definition) is 2. The van der Waals surface area contributed by atoms with Crippen molar-refractivity contribution in [3.05, 3.63) is 23.7 Å². The highest BCUT2D eigenvalue weighted by atomic mass is 16.3. The van der Waals surface area contributed by atoms with E-state index in [0.717, 1.165) is 17.4 Å². The fraction of sp³-hybridized carbons (Fsp3) is 0.600. The van der Waals surface area contributed by atoms with Gasteiger partial charge in [-0.2, -0.15) is 0 Å². The molecule has 1 heterocycles. The van der Waals surface area contributed by atoms with E-state index in [-0.39, 0.29) is 6.04 Å². The predicted octanol–water partition coefficient (Wildman–Crippen LogP) is 2.42. The fourth-order valence-corrected chi connectivity index (χ4v) is 1.53. The van der Waals surface area contributed by atoms with E-state index in [1.54, 1.807) is 0 Å². The van der Waals surface area contributed by atoms with E-state index in [1.165, 1.54) is 6.42 Å². The van der Waals surface area contributed by atoms with Crippen LogP contribution in [0.3, 0.4) is 0 Å². The molecule has 1 saturated carbocycles. The van der Waals surface area contributed by atoms with Crippen molar-refractivity contribution in [3.8, 4) is 0 Å². The number of nitrogens with two attached hydrogens (primary N) is 1. The molecule has 1 aromatic rings. The van der Waals surface area contributed by atoms with Crippen molar-refractivity contribution in [2.24, 2.45) is 11.7 Å². The molecule has 0 radical (unpaired) electrons. The van der Waals surface area contributed by atoms with Crippen molar-refractivity contribution in [1.82, 2.24) is 0 Å². The van der Waals surface area contributed by atoms with E-state index in [1.807, 2.05) is 13.0 Å². The second-order valence-corrected chi connectivity index (χ2v) is 3.85. The molecule has 3 atom stereocenters. The van der Waals surface area contributed by atoms with Crippen LogP contribution in [0.25, 0.3) is 0 Å². The standard InChI is InChI=1S/C10H15NO/c1-6-5-8(6)10-4-3-9(12-10)7(2)11/h3-4,6-8H,5,11H2,1-2H3/t6?,7-,8?/m0/s1. The van der Waals surface area contributed by atoms with Gasteiger partial charge in [-0.1, -0.05) is 6.92 Å². The Labute approximate surface area is 72.7 Å². The first-order chi connectivity index (χ1) is 5.68. The van der Waals surface area contributed by atoms with Crippen molar-refractivity contribution in [2.75, 3.05) is 0 Å². The predicted molar refractivity (Wildman–Crippen MR) is 47.8 cm³/mol. The minimum atomic E-state index is 0.0211.